The van der Waals surface area contributed by atoms with Gasteiger partial charge in [-0.15, -0.1) is 0 Å². The molecule has 1 aliphatic carbocycles. The van der Waals surface area contributed by atoms with E-state index >= 15 is 0 Å². The van der Waals surface area contributed by atoms with Crippen molar-refractivity contribution in [1.29, 1.82) is 0 Å². The number of rotatable bonds is 8. The molecule has 0 radical (unpaired) electrons. The smallest absolute Gasteiger partial charge is 0.233 e. The van der Waals surface area contributed by atoms with Gasteiger partial charge in [-0.25, -0.2) is 4.39 Å². The van der Waals surface area contributed by atoms with Gasteiger partial charge in [0.1, 0.15) is 5.82 Å². The minimum absolute atomic E-state index is 0.0418. The lowest BCUT2D eigenvalue weighted by Crippen LogP contribution is -2.50. The van der Waals surface area contributed by atoms with Crippen LogP contribution in [0.2, 0.25) is 0 Å². The number of nitrogens with zero attached hydrogens (tertiary/aromatic N) is 1. The average molecular weight is 405 g/mol. The first-order chi connectivity index (χ1) is 14.1. The Kier molecular flexibility index (Phi) is 7.64. The molecular weight excluding hydrogens is 371 g/mol. The summed E-state index contributed by atoms with van der Waals surface area (Å²) in [5, 5.41) is 2.99. The Morgan fingerprint density at radius 2 is 1.97 bits per heavy atom. The van der Waals surface area contributed by atoms with Gasteiger partial charge in [0.05, 0.1) is 5.41 Å². The maximum Gasteiger partial charge on any atom is 0.233 e. The van der Waals surface area contributed by atoms with Gasteiger partial charge in [-0.2, -0.15) is 0 Å². The summed E-state index contributed by atoms with van der Waals surface area (Å²) in [4.78, 5) is 27.8. The molecule has 2 amide bonds. The first kappa shape index (κ1) is 21.8. The number of carbonyl (C=O) groups is 2. The maximum absolute atomic E-state index is 13.8. The van der Waals surface area contributed by atoms with E-state index < -0.39 is 5.41 Å². The van der Waals surface area contributed by atoms with Crippen LogP contribution in [0.4, 0.5) is 4.39 Å². The molecule has 6 heteroatoms. The molecule has 1 heterocycles. The van der Waals surface area contributed by atoms with Crippen LogP contribution >= 0.6 is 0 Å². The van der Waals surface area contributed by atoms with Crippen LogP contribution in [0.3, 0.4) is 0 Å². The highest BCUT2D eigenvalue weighted by atomic mass is 19.1. The minimum atomic E-state index is -0.601. The Morgan fingerprint density at radius 3 is 2.62 bits per heavy atom. The van der Waals surface area contributed by atoms with Gasteiger partial charge in [0.25, 0.3) is 0 Å². The Hall–Kier alpha value is -1.95. The molecule has 1 saturated heterocycles. The van der Waals surface area contributed by atoms with Crippen molar-refractivity contribution in [3.63, 3.8) is 0 Å². The third kappa shape index (κ3) is 5.16. The lowest BCUT2D eigenvalue weighted by molar-refractivity contribution is -0.140. The first-order valence-electron chi connectivity index (χ1n) is 11.0. The number of carbonyl (C=O) groups excluding carboxylic acids is 2. The van der Waals surface area contributed by atoms with Crippen molar-refractivity contribution in [2.24, 2.45) is 5.92 Å². The van der Waals surface area contributed by atoms with Gasteiger partial charge >= 0.3 is 0 Å². The van der Waals surface area contributed by atoms with Crippen LogP contribution in [0.25, 0.3) is 0 Å². The topological polar surface area (TPSA) is 58.6 Å². The normalized spacial score (nSPS) is 19.3. The van der Waals surface area contributed by atoms with Crippen LogP contribution in [0.5, 0.6) is 0 Å². The fourth-order valence-electron chi connectivity index (χ4n) is 4.71. The van der Waals surface area contributed by atoms with E-state index in [1.807, 2.05) is 17.9 Å². The van der Waals surface area contributed by atoms with Gasteiger partial charge in [0.2, 0.25) is 11.8 Å². The van der Waals surface area contributed by atoms with Gasteiger partial charge in [0, 0.05) is 38.8 Å². The molecule has 1 aromatic rings. The largest absolute Gasteiger partial charge is 0.382 e. The molecule has 0 bridgehead atoms. The lowest BCUT2D eigenvalue weighted by atomic mass is 9.77. The lowest BCUT2D eigenvalue weighted by Gasteiger charge is -2.38. The van der Waals surface area contributed by atoms with Crippen molar-refractivity contribution in [1.82, 2.24) is 10.2 Å². The summed E-state index contributed by atoms with van der Waals surface area (Å²) in [6.45, 7) is 5.11. The van der Waals surface area contributed by atoms with E-state index in [0.29, 0.717) is 45.7 Å². The van der Waals surface area contributed by atoms with Crippen LogP contribution in [-0.2, 0) is 19.7 Å². The zero-order valence-corrected chi connectivity index (χ0v) is 17.4. The summed E-state index contributed by atoms with van der Waals surface area (Å²) >= 11 is 0. The number of hydrogen-bond donors (Lipinski definition) is 1. The highest BCUT2D eigenvalue weighted by Crippen LogP contribution is 2.43. The molecule has 3 rings (SSSR count). The van der Waals surface area contributed by atoms with Crippen molar-refractivity contribution >= 4 is 11.8 Å². The molecule has 1 aromatic carbocycles. The van der Waals surface area contributed by atoms with Crippen LogP contribution < -0.4 is 5.32 Å². The number of nitrogens with one attached hydrogen (secondary N) is 1. The molecule has 5 nitrogen and oxygen atoms in total. The van der Waals surface area contributed by atoms with Crippen LogP contribution in [0, 0.1) is 11.7 Å². The Bertz CT molecular complexity index is 695. The Morgan fingerprint density at radius 1 is 1.24 bits per heavy atom. The van der Waals surface area contributed by atoms with Gasteiger partial charge in [-0.1, -0.05) is 25.0 Å². The molecule has 2 fully saturated rings. The molecular formula is C23H33FN2O3. The van der Waals surface area contributed by atoms with E-state index in [1.54, 1.807) is 6.07 Å². The molecule has 1 aliphatic heterocycles. The molecule has 1 N–H and O–H groups in total. The number of benzene rings is 1. The molecule has 2 aliphatic rings. The number of amides is 2. The fourth-order valence-corrected chi connectivity index (χ4v) is 4.71. The summed E-state index contributed by atoms with van der Waals surface area (Å²) in [5.41, 5.74) is 0.199. The van der Waals surface area contributed by atoms with E-state index in [9.17, 15) is 14.0 Å². The highest BCUT2D eigenvalue weighted by molar-refractivity contribution is 5.89. The van der Waals surface area contributed by atoms with Crippen molar-refractivity contribution in [2.75, 3.05) is 32.8 Å². The Labute approximate surface area is 173 Å². The third-order valence-corrected chi connectivity index (χ3v) is 6.37. The number of likely N-dealkylation sites (tertiary alicyclic amines) is 1. The van der Waals surface area contributed by atoms with Gasteiger partial charge < -0.3 is 15.0 Å². The molecule has 1 saturated carbocycles. The summed E-state index contributed by atoms with van der Waals surface area (Å²) in [6.07, 6.45) is 5.70. The zero-order valence-electron chi connectivity index (χ0n) is 17.4. The van der Waals surface area contributed by atoms with E-state index in [1.165, 1.54) is 12.1 Å². The third-order valence-electron chi connectivity index (χ3n) is 6.37. The van der Waals surface area contributed by atoms with E-state index in [-0.39, 0.29) is 23.5 Å². The Balaban J connectivity index is 1.55. The van der Waals surface area contributed by atoms with E-state index in [2.05, 4.69) is 5.32 Å². The van der Waals surface area contributed by atoms with Gasteiger partial charge in [0.15, 0.2) is 0 Å². The van der Waals surface area contributed by atoms with Gasteiger partial charge in [-0.3, -0.25) is 9.59 Å². The molecule has 160 valence electrons. The number of ether oxygens (including phenoxy) is 1. The number of piperidine rings is 1. The quantitative estimate of drug-likeness (QED) is 0.676. The van der Waals surface area contributed by atoms with Crippen LogP contribution in [0.15, 0.2) is 24.3 Å². The molecule has 0 aromatic heterocycles. The van der Waals surface area contributed by atoms with Crippen molar-refractivity contribution in [2.45, 2.75) is 57.3 Å². The van der Waals surface area contributed by atoms with E-state index in [4.69, 9.17) is 4.74 Å². The van der Waals surface area contributed by atoms with E-state index in [0.717, 1.165) is 37.7 Å². The molecule has 0 spiro atoms. The maximum atomic E-state index is 13.8. The second-order valence-corrected chi connectivity index (χ2v) is 8.21. The number of hydrogen-bond acceptors (Lipinski definition) is 3. The van der Waals surface area contributed by atoms with Crippen LogP contribution in [0.1, 0.15) is 57.4 Å². The minimum Gasteiger partial charge on any atom is -0.382 e. The van der Waals surface area contributed by atoms with Crippen molar-refractivity contribution in [3.05, 3.63) is 35.6 Å². The summed E-state index contributed by atoms with van der Waals surface area (Å²) in [5.74, 6) is -0.147. The van der Waals surface area contributed by atoms with Crippen molar-refractivity contribution in [3.8, 4) is 0 Å². The number of halogens is 1. The fraction of sp³-hybridized carbons (Fsp3) is 0.652. The standard InChI is InChI=1S/C23H33FN2O3/c1-2-29-16-6-13-25-21(27)18-9-14-26(15-10-18)22(28)23(11-3-4-12-23)19-7-5-8-20(24)17-19/h5,7-8,17-18H,2-4,6,9-16H2,1H3,(H,25,27). The average Bonchev–Trinajstić information content (AvgIpc) is 3.24. The SMILES string of the molecule is CCOCCCNC(=O)C1CCN(C(=O)C2(c3cccc(F)c3)CCCC2)CC1. The summed E-state index contributed by atoms with van der Waals surface area (Å²) in [7, 11) is 0. The van der Waals surface area contributed by atoms with Crippen molar-refractivity contribution < 1.29 is 18.7 Å². The zero-order chi connectivity index (χ0) is 20.7. The summed E-state index contributed by atoms with van der Waals surface area (Å²) in [6, 6.07) is 6.52. The predicted octanol–water partition coefficient (Wildman–Crippen LogP) is 3.42. The molecule has 0 atom stereocenters. The molecule has 29 heavy (non-hydrogen) atoms. The summed E-state index contributed by atoms with van der Waals surface area (Å²) < 4.78 is 19.1. The first-order valence-corrected chi connectivity index (χ1v) is 11.0. The predicted molar refractivity (Wildman–Crippen MR) is 110 cm³/mol. The van der Waals surface area contributed by atoms with Crippen LogP contribution in [-0.4, -0.2) is 49.6 Å². The second kappa shape index (κ2) is 10.2. The molecule has 0 unspecified atom stereocenters. The monoisotopic (exact) mass is 404 g/mol. The van der Waals surface area contributed by atoms with Gasteiger partial charge in [-0.05, 0) is 56.7 Å². The second-order valence-electron chi connectivity index (χ2n) is 8.21. The highest BCUT2D eigenvalue weighted by Gasteiger charge is 2.45.